The Kier molecular flexibility index (Phi) is 7.19. The second-order valence-corrected chi connectivity index (χ2v) is 16.0. The first-order valence-corrected chi connectivity index (χ1v) is 17.4. The van der Waals surface area contributed by atoms with Gasteiger partial charge < -0.3 is 4.57 Å². The number of aromatic nitrogens is 1. The van der Waals surface area contributed by atoms with Crippen molar-refractivity contribution < 1.29 is 0 Å². The molecule has 3 fully saturated rings. The maximum Gasteiger partial charge on any atom is 0.0488 e. The molecule has 0 saturated heterocycles. The summed E-state index contributed by atoms with van der Waals surface area (Å²) in [5, 5.41) is 1.56. The molecule has 1 nitrogen and oxygen atoms in total. The zero-order chi connectivity index (χ0) is 28.4. The van der Waals surface area contributed by atoms with Crippen molar-refractivity contribution in [3.05, 3.63) is 71.4 Å². The van der Waals surface area contributed by atoms with Gasteiger partial charge in [0, 0.05) is 23.1 Å². The van der Waals surface area contributed by atoms with Crippen molar-refractivity contribution in [2.45, 2.75) is 118 Å². The van der Waals surface area contributed by atoms with Crippen LogP contribution < -0.4 is 0 Å². The van der Waals surface area contributed by atoms with E-state index in [0.717, 1.165) is 48.0 Å². The fraction of sp³-hybridized carbons (Fsp3) is 0.650. The quantitative estimate of drug-likeness (QED) is 0.276. The van der Waals surface area contributed by atoms with E-state index in [4.69, 9.17) is 0 Å². The Morgan fingerprint density at radius 2 is 1.54 bits per heavy atom. The van der Waals surface area contributed by atoms with E-state index in [-0.39, 0.29) is 0 Å². The van der Waals surface area contributed by atoms with Crippen molar-refractivity contribution in [1.29, 1.82) is 0 Å². The highest BCUT2D eigenvalue weighted by Crippen LogP contribution is 2.70. The van der Waals surface area contributed by atoms with Crippen LogP contribution in [0.3, 0.4) is 0 Å². The van der Waals surface area contributed by atoms with Crippen molar-refractivity contribution in [2.24, 2.45) is 46.3 Å². The van der Waals surface area contributed by atoms with Gasteiger partial charge in [-0.05, 0) is 121 Å². The number of nitrogens with zero attached hydrogens (tertiary/aromatic N) is 1. The van der Waals surface area contributed by atoms with Crippen LogP contribution in [0.5, 0.6) is 0 Å². The predicted molar refractivity (Wildman–Crippen MR) is 174 cm³/mol. The van der Waals surface area contributed by atoms with Gasteiger partial charge in [-0.25, -0.2) is 0 Å². The molecule has 8 atom stereocenters. The van der Waals surface area contributed by atoms with E-state index < -0.39 is 0 Å². The second kappa shape index (κ2) is 10.6. The molecule has 0 radical (unpaired) electrons. The van der Waals surface area contributed by atoms with Gasteiger partial charge in [0.25, 0.3) is 0 Å². The molecule has 0 spiro atoms. The monoisotopic (exact) mass is 549 g/mol. The van der Waals surface area contributed by atoms with Gasteiger partial charge in [-0.1, -0.05) is 102 Å². The van der Waals surface area contributed by atoms with Crippen LogP contribution >= 0.6 is 0 Å². The minimum absolute atomic E-state index is 0.458. The van der Waals surface area contributed by atoms with Crippen LogP contribution in [0.15, 0.2) is 54.6 Å². The minimum Gasteiger partial charge on any atom is -0.340 e. The SMILES string of the molecule is CC(C)CCC[C@@H](C)[C@H]1CC[C@H]2[C@@H]3CC[C@H]4c5c(n(Cc6ccccc6)c6ccccc56)CC[C@]4(C)[C@H]3CC[C@]12C. The Morgan fingerprint density at radius 3 is 2.34 bits per heavy atom. The van der Waals surface area contributed by atoms with E-state index in [2.05, 4.69) is 93.8 Å². The molecule has 3 aromatic rings. The Morgan fingerprint density at radius 1 is 0.780 bits per heavy atom. The average Bonchev–Trinajstić information content (AvgIpc) is 3.48. The van der Waals surface area contributed by atoms with Crippen molar-refractivity contribution in [2.75, 3.05) is 0 Å². The van der Waals surface area contributed by atoms with Gasteiger partial charge >= 0.3 is 0 Å². The summed E-state index contributed by atoms with van der Waals surface area (Å²) in [4.78, 5) is 0. The summed E-state index contributed by atoms with van der Waals surface area (Å²) in [6.45, 7) is 13.9. The molecule has 1 heteroatoms. The summed E-state index contributed by atoms with van der Waals surface area (Å²) < 4.78 is 2.70. The molecule has 0 amide bonds. The molecular weight excluding hydrogens is 494 g/mol. The van der Waals surface area contributed by atoms with Crippen LogP contribution in [0, 0.1) is 46.3 Å². The molecule has 0 unspecified atom stereocenters. The molecule has 0 aliphatic heterocycles. The number of rotatable bonds is 7. The molecule has 4 aliphatic rings. The zero-order valence-corrected chi connectivity index (χ0v) is 26.7. The largest absolute Gasteiger partial charge is 0.340 e. The van der Waals surface area contributed by atoms with Crippen LogP contribution in [-0.4, -0.2) is 4.57 Å². The molecule has 41 heavy (non-hydrogen) atoms. The second-order valence-electron chi connectivity index (χ2n) is 16.0. The summed E-state index contributed by atoms with van der Waals surface area (Å²) in [5.74, 6) is 6.29. The Hall–Kier alpha value is -2.02. The lowest BCUT2D eigenvalue weighted by molar-refractivity contribution is -0.0897. The summed E-state index contributed by atoms with van der Waals surface area (Å²) >= 11 is 0. The average molecular weight is 550 g/mol. The first kappa shape index (κ1) is 27.8. The van der Waals surface area contributed by atoms with Gasteiger partial charge in [-0.15, -0.1) is 0 Å². The molecule has 0 N–H and O–H groups in total. The number of para-hydroxylation sites is 1. The van der Waals surface area contributed by atoms with Crippen LogP contribution in [0.4, 0.5) is 0 Å². The maximum absolute atomic E-state index is 2.76. The third kappa shape index (κ3) is 4.46. The van der Waals surface area contributed by atoms with E-state index >= 15 is 0 Å². The lowest BCUT2D eigenvalue weighted by Crippen LogP contribution is -2.52. The Bertz CT molecular complexity index is 1360. The smallest absolute Gasteiger partial charge is 0.0488 e. The van der Waals surface area contributed by atoms with Gasteiger partial charge in [-0.3, -0.25) is 0 Å². The van der Waals surface area contributed by atoms with Gasteiger partial charge in [0.05, 0.1) is 0 Å². The summed E-state index contributed by atoms with van der Waals surface area (Å²) in [6.07, 6.45) is 15.8. The molecule has 2 aromatic carbocycles. The highest BCUT2D eigenvalue weighted by atomic mass is 15.0. The Balaban J connectivity index is 1.17. The van der Waals surface area contributed by atoms with Crippen LogP contribution in [0.25, 0.3) is 10.9 Å². The van der Waals surface area contributed by atoms with E-state index in [1.54, 1.807) is 16.6 Å². The number of benzene rings is 2. The number of hydrogen-bond donors (Lipinski definition) is 0. The highest BCUT2D eigenvalue weighted by molar-refractivity contribution is 5.87. The van der Waals surface area contributed by atoms with Gasteiger partial charge in [0.1, 0.15) is 0 Å². The Labute approximate surface area is 250 Å². The maximum atomic E-state index is 2.76. The fourth-order valence-corrected chi connectivity index (χ4v) is 11.7. The molecule has 0 bridgehead atoms. The summed E-state index contributed by atoms with van der Waals surface area (Å²) in [5.41, 5.74) is 7.35. The molecule has 7 rings (SSSR count). The lowest BCUT2D eigenvalue weighted by Gasteiger charge is -2.60. The standard InChI is InChI=1S/C40H55N/c1-27(2)12-11-13-28(3)32-20-21-33-30-18-19-35-38-31-16-9-10-17-36(31)41(26-29-14-7-6-8-15-29)37(38)23-25-40(35,5)34(30)22-24-39(32,33)4/h6-10,14-17,27-28,30,32-35H,11-13,18-26H2,1-5H3/t28-,30+,32-,33+,34+,35+,39-,40-/m1/s1. The minimum atomic E-state index is 0.458. The van der Waals surface area contributed by atoms with Crippen LogP contribution in [0.1, 0.15) is 122 Å². The molecule has 4 aliphatic carbocycles. The van der Waals surface area contributed by atoms with Crippen molar-refractivity contribution >= 4 is 10.9 Å². The predicted octanol–water partition coefficient (Wildman–Crippen LogP) is 11.0. The molecule has 1 heterocycles. The third-order valence-corrected chi connectivity index (χ3v) is 13.6. The van der Waals surface area contributed by atoms with Crippen molar-refractivity contribution in [3.8, 4) is 0 Å². The fourth-order valence-electron chi connectivity index (χ4n) is 11.7. The highest BCUT2D eigenvalue weighted by Gasteiger charge is 2.61. The first-order valence-electron chi connectivity index (χ1n) is 17.4. The molecular formula is C40H55N. The summed E-state index contributed by atoms with van der Waals surface area (Å²) in [6, 6.07) is 20.5. The van der Waals surface area contributed by atoms with Crippen LogP contribution in [0.2, 0.25) is 0 Å². The zero-order valence-electron chi connectivity index (χ0n) is 26.7. The van der Waals surface area contributed by atoms with E-state index in [1.807, 2.05) is 0 Å². The normalized spacial score (nSPS) is 35.1. The third-order valence-electron chi connectivity index (χ3n) is 13.6. The van der Waals surface area contributed by atoms with Gasteiger partial charge in [-0.2, -0.15) is 0 Å². The van der Waals surface area contributed by atoms with Crippen molar-refractivity contribution in [3.63, 3.8) is 0 Å². The number of hydrogen-bond acceptors (Lipinski definition) is 0. The van der Waals surface area contributed by atoms with Crippen LogP contribution in [-0.2, 0) is 13.0 Å². The van der Waals surface area contributed by atoms with E-state index in [9.17, 15) is 0 Å². The lowest BCUT2D eigenvalue weighted by atomic mass is 9.44. The number of fused-ring (bicyclic) bond motifs is 9. The first-order chi connectivity index (χ1) is 19.8. The van der Waals surface area contributed by atoms with Gasteiger partial charge in [0.2, 0.25) is 0 Å². The van der Waals surface area contributed by atoms with Crippen molar-refractivity contribution in [1.82, 2.24) is 4.57 Å². The van der Waals surface area contributed by atoms with Gasteiger partial charge in [0.15, 0.2) is 0 Å². The molecule has 220 valence electrons. The van der Waals surface area contributed by atoms with E-state index in [0.29, 0.717) is 10.8 Å². The molecule has 3 saturated carbocycles. The van der Waals surface area contributed by atoms with E-state index in [1.165, 1.54) is 81.7 Å². The topological polar surface area (TPSA) is 4.93 Å². The summed E-state index contributed by atoms with van der Waals surface area (Å²) in [7, 11) is 0. The molecule has 1 aromatic heterocycles.